The van der Waals surface area contributed by atoms with E-state index in [1.807, 2.05) is 23.1 Å². The van der Waals surface area contributed by atoms with Crippen LogP contribution >= 0.6 is 11.8 Å². The van der Waals surface area contributed by atoms with Crippen molar-refractivity contribution in [3.05, 3.63) is 53.1 Å². The van der Waals surface area contributed by atoms with Crippen molar-refractivity contribution < 1.29 is 14.3 Å². The fraction of sp³-hybridized carbons (Fsp3) is 0.435. The molecule has 2 aliphatic rings. The second-order valence-electron chi connectivity index (χ2n) is 7.43. The predicted molar refractivity (Wildman–Crippen MR) is 112 cm³/mol. The molecule has 0 N–H and O–H groups in total. The lowest BCUT2D eigenvalue weighted by atomic mass is 10.0. The van der Waals surface area contributed by atoms with Gasteiger partial charge in [0, 0.05) is 17.0 Å². The van der Waals surface area contributed by atoms with Gasteiger partial charge in [0.15, 0.2) is 0 Å². The topological polar surface area (TPSA) is 38.8 Å². The predicted octanol–water partition coefficient (Wildman–Crippen LogP) is 4.65. The number of rotatable bonds is 6. The monoisotopic (exact) mass is 397 g/mol. The Bertz CT molecular complexity index is 867. The number of hydrogen-bond acceptors (Lipinski definition) is 4. The summed E-state index contributed by atoms with van der Waals surface area (Å²) in [5.41, 5.74) is 3.97. The lowest BCUT2D eigenvalue weighted by Gasteiger charge is -2.26. The summed E-state index contributed by atoms with van der Waals surface area (Å²) in [6, 6.07) is 12.5. The van der Waals surface area contributed by atoms with Crippen LogP contribution in [0, 0.1) is 0 Å². The van der Waals surface area contributed by atoms with Crippen LogP contribution in [0.1, 0.15) is 42.0 Å². The highest BCUT2D eigenvalue weighted by Gasteiger charge is 2.32. The van der Waals surface area contributed by atoms with Gasteiger partial charge in [-0.3, -0.25) is 4.79 Å². The smallest absolute Gasteiger partial charge is 0.233 e. The third kappa shape index (κ3) is 3.86. The molecule has 5 heteroatoms. The van der Waals surface area contributed by atoms with Crippen LogP contribution in [-0.4, -0.2) is 37.3 Å². The Morgan fingerprint density at radius 3 is 2.75 bits per heavy atom. The lowest BCUT2D eigenvalue weighted by Crippen LogP contribution is -2.32. The summed E-state index contributed by atoms with van der Waals surface area (Å²) in [4.78, 5) is 16.2. The first-order valence-corrected chi connectivity index (χ1v) is 10.9. The minimum atomic E-state index is 0.0539. The van der Waals surface area contributed by atoms with Gasteiger partial charge in [0.25, 0.3) is 0 Å². The number of ether oxygens (including phenoxy) is 2. The molecule has 4 nitrogen and oxygen atoms in total. The van der Waals surface area contributed by atoms with Crippen molar-refractivity contribution in [3.63, 3.8) is 0 Å². The first-order chi connectivity index (χ1) is 13.7. The molecule has 0 bridgehead atoms. The zero-order valence-corrected chi connectivity index (χ0v) is 17.4. The zero-order chi connectivity index (χ0) is 19.5. The number of likely N-dealkylation sites (tertiary alicyclic amines) is 1. The Labute approximate surface area is 171 Å². The molecule has 1 aliphatic heterocycles. The van der Waals surface area contributed by atoms with Gasteiger partial charge in [0.05, 0.1) is 26.0 Å². The second-order valence-corrected chi connectivity index (χ2v) is 8.47. The van der Waals surface area contributed by atoms with E-state index in [0.29, 0.717) is 5.75 Å². The molecule has 2 aromatic carbocycles. The first kappa shape index (κ1) is 19.2. The molecule has 4 rings (SSSR count). The number of carbonyl (C=O) groups excluding carboxylic acids is 1. The summed E-state index contributed by atoms with van der Waals surface area (Å²) in [5.74, 6) is 2.28. The Morgan fingerprint density at radius 2 is 1.93 bits per heavy atom. The van der Waals surface area contributed by atoms with Gasteiger partial charge >= 0.3 is 0 Å². The highest BCUT2D eigenvalue weighted by molar-refractivity contribution is 8.00. The third-order valence-electron chi connectivity index (χ3n) is 5.80. The number of methoxy groups -OCH3 is 2. The van der Waals surface area contributed by atoms with Gasteiger partial charge in [-0.05, 0) is 73.6 Å². The fourth-order valence-electron chi connectivity index (χ4n) is 4.35. The molecule has 0 spiro atoms. The number of nitrogens with zero attached hydrogens (tertiary/aromatic N) is 1. The summed E-state index contributed by atoms with van der Waals surface area (Å²) < 4.78 is 10.9. The molecule has 148 valence electrons. The van der Waals surface area contributed by atoms with Crippen molar-refractivity contribution in [1.82, 2.24) is 4.90 Å². The quantitative estimate of drug-likeness (QED) is 0.665. The summed E-state index contributed by atoms with van der Waals surface area (Å²) >= 11 is 1.65. The summed E-state index contributed by atoms with van der Waals surface area (Å²) in [5, 5.41) is 0. The van der Waals surface area contributed by atoms with Crippen LogP contribution < -0.4 is 9.47 Å². The van der Waals surface area contributed by atoms with Crippen LogP contribution in [0.15, 0.2) is 41.3 Å². The molecule has 1 fully saturated rings. The van der Waals surface area contributed by atoms with Crippen molar-refractivity contribution in [3.8, 4) is 11.5 Å². The molecular weight excluding hydrogens is 370 g/mol. The van der Waals surface area contributed by atoms with Crippen LogP contribution in [0.25, 0.3) is 0 Å². The molecule has 0 radical (unpaired) electrons. The van der Waals surface area contributed by atoms with Crippen LogP contribution in [0.5, 0.6) is 11.5 Å². The maximum Gasteiger partial charge on any atom is 0.233 e. The van der Waals surface area contributed by atoms with E-state index in [2.05, 4.69) is 18.2 Å². The van der Waals surface area contributed by atoms with Crippen LogP contribution in [0.4, 0.5) is 0 Å². The molecule has 1 aliphatic carbocycles. The van der Waals surface area contributed by atoms with E-state index in [1.165, 1.54) is 35.3 Å². The summed E-state index contributed by atoms with van der Waals surface area (Å²) in [6.07, 6.45) is 5.58. The number of aryl methyl sites for hydroxylation is 2. The minimum absolute atomic E-state index is 0.0539. The van der Waals surface area contributed by atoms with E-state index in [9.17, 15) is 4.79 Å². The van der Waals surface area contributed by atoms with Crippen molar-refractivity contribution in [1.29, 1.82) is 0 Å². The number of amides is 1. The fourth-order valence-corrected chi connectivity index (χ4v) is 5.20. The second kappa shape index (κ2) is 8.48. The van der Waals surface area contributed by atoms with Crippen molar-refractivity contribution in [2.75, 3.05) is 26.5 Å². The summed E-state index contributed by atoms with van der Waals surface area (Å²) in [6.45, 7) is 0.800. The number of thioether (sulfide) groups is 1. The van der Waals surface area contributed by atoms with Crippen molar-refractivity contribution >= 4 is 17.7 Å². The zero-order valence-electron chi connectivity index (χ0n) is 16.6. The average Bonchev–Trinajstić information content (AvgIpc) is 3.40. The first-order valence-electron chi connectivity index (χ1n) is 9.95. The number of carbonyl (C=O) groups is 1. The Morgan fingerprint density at radius 1 is 1.07 bits per heavy atom. The molecule has 1 heterocycles. The Balaban J connectivity index is 1.46. The van der Waals surface area contributed by atoms with E-state index >= 15 is 0 Å². The van der Waals surface area contributed by atoms with Gasteiger partial charge in [0.2, 0.25) is 5.91 Å². The largest absolute Gasteiger partial charge is 0.497 e. The summed E-state index contributed by atoms with van der Waals surface area (Å²) in [7, 11) is 3.34. The van der Waals surface area contributed by atoms with Crippen molar-refractivity contribution in [2.45, 2.75) is 43.0 Å². The van der Waals surface area contributed by atoms with E-state index in [0.717, 1.165) is 36.4 Å². The van der Waals surface area contributed by atoms with E-state index in [-0.39, 0.29) is 11.9 Å². The molecule has 1 amide bonds. The molecule has 1 saturated heterocycles. The molecular formula is C23H27NO3S. The number of hydrogen-bond donors (Lipinski definition) is 0. The maximum atomic E-state index is 13.0. The molecule has 28 heavy (non-hydrogen) atoms. The normalized spacial score (nSPS) is 18.2. The van der Waals surface area contributed by atoms with Gasteiger partial charge in [-0.25, -0.2) is 0 Å². The lowest BCUT2D eigenvalue weighted by molar-refractivity contribution is -0.129. The van der Waals surface area contributed by atoms with Gasteiger partial charge in [-0.1, -0.05) is 6.07 Å². The van der Waals surface area contributed by atoms with Gasteiger partial charge in [0.1, 0.15) is 11.5 Å². The van der Waals surface area contributed by atoms with E-state index in [1.54, 1.807) is 26.0 Å². The van der Waals surface area contributed by atoms with E-state index < -0.39 is 0 Å². The molecule has 1 atom stereocenters. The minimum Gasteiger partial charge on any atom is -0.497 e. The highest BCUT2D eigenvalue weighted by atomic mass is 32.2. The van der Waals surface area contributed by atoms with Crippen LogP contribution in [-0.2, 0) is 17.6 Å². The van der Waals surface area contributed by atoms with Gasteiger partial charge in [-0.2, -0.15) is 0 Å². The number of fused-ring (bicyclic) bond motifs is 1. The average molecular weight is 398 g/mol. The number of benzene rings is 2. The molecule has 0 unspecified atom stereocenters. The third-order valence-corrected chi connectivity index (χ3v) is 6.78. The Kier molecular flexibility index (Phi) is 5.81. The molecule has 2 aromatic rings. The van der Waals surface area contributed by atoms with Crippen LogP contribution in [0.3, 0.4) is 0 Å². The standard InChI is InChI=1S/C23H27NO3S/c1-26-18-9-11-22(27-2)20(14-18)21-7-4-12-24(21)23(25)15-28-19-10-8-16-5-3-6-17(16)13-19/h8-11,13-14,21H,3-7,12,15H2,1-2H3/t21-/m1/s1. The van der Waals surface area contributed by atoms with Crippen molar-refractivity contribution in [2.24, 2.45) is 0 Å². The van der Waals surface area contributed by atoms with Crippen LogP contribution in [0.2, 0.25) is 0 Å². The Hall–Kier alpha value is -2.14. The van der Waals surface area contributed by atoms with Gasteiger partial charge < -0.3 is 14.4 Å². The SMILES string of the molecule is COc1ccc(OC)c([C@H]2CCCN2C(=O)CSc2ccc3c(c2)CCC3)c1. The van der Waals surface area contributed by atoms with Gasteiger partial charge in [-0.15, -0.1) is 11.8 Å². The maximum absolute atomic E-state index is 13.0. The van der Waals surface area contributed by atoms with E-state index in [4.69, 9.17) is 9.47 Å². The molecule has 0 saturated carbocycles. The highest BCUT2D eigenvalue weighted by Crippen LogP contribution is 2.39. The molecule has 0 aromatic heterocycles.